The fourth-order valence-corrected chi connectivity index (χ4v) is 2.40. The van der Waals surface area contributed by atoms with E-state index in [1.807, 2.05) is 30.3 Å². The van der Waals surface area contributed by atoms with Crippen molar-refractivity contribution in [1.29, 1.82) is 0 Å². The van der Waals surface area contributed by atoms with E-state index in [2.05, 4.69) is 10.3 Å². The minimum atomic E-state index is 0.400. The quantitative estimate of drug-likeness (QED) is 0.579. The smallest absolute Gasteiger partial charge is 0.127 e. The van der Waals surface area contributed by atoms with Crippen molar-refractivity contribution in [3.63, 3.8) is 0 Å². The highest BCUT2D eigenvalue weighted by atomic mass is 32.1. The van der Waals surface area contributed by atoms with Crippen LogP contribution in [0.4, 0.5) is 5.82 Å². The van der Waals surface area contributed by atoms with Crippen LogP contribution in [0.3, 0.4) is 0 Å². The molecule has 5 heteroatoms. The van der Waals surface area contributed by atoms with Crippen molar-refractivity contribution >= 4 is 33.9 Å². The number of hydrogen-bond acceptors (Lipinski definition) is 4. The minimum absolute atomic E-state index is 0.400. The van der Waals surface area contributed by atoms with E-state index in [1.54, 1.807) is 7.11 Å². The summed E-state index contributed by atoms with van der Waals surface area (Å²) >= 11 is 5.14. The van der Waals surface area contributed by atoms with Crippen LogP contribution in [0.5, 0.6) is 0 Å². The number of methoxy groups -OCH3 is 1. The summed E-state index contributed by atoms with van der Waals surface area (Å²) in [5.74, 6) is 0.822. The number of pyridine rings is 1. The molecular weight excluding hydrogens is 282 g/mol. The molecule has 1 aromatic heterocycles. The fourth-order valence-electron chi connectivity index (χ4n) is 2.23. The molecule has 0 saturated heterocycles. The van der Waals surface area contributed by atoms with Gasteiger partial charge in [-0.25, -0.2) is 4.98 Å². The molecule has 0 radical (unpaired) electrons. The molecule has 0 aliphatic carbocycles. The molecule has 0 unspecified atom stereocenters. The number of fused-ring (bicyclic) bond motifs is 1. The van der Waals surface area contributed by atoms with Crippen LogP contribution < -0.4 is 11.1 Å². The third-order valence-electron chi connectivity index (χ3n) is 3.31. The summed E-state index contributed by atoms with van der Waals surface area (Å²) in [5, 5.41) is 4.34. The Morgan fingerprint density at radius 1 is 1.29 bits per heavy atom. The van der Waals surface area contributed by atoms with Crippen LogP contribution in [0.1, 0.15) is 24.8 Å². The number of hydrogen-bond donors (Lipinski definition) is 2. The maximum atomic E-state index is 5.82. The number of benzene rings is 1. The summed E-state index contributed by atoms with van der Waals surface area (Å²) < 4.78 is 5.04. The van der Waals surface area contributed by atoms with Crippen LogP contribution in [0, 0.1) is 0 Å². The number of ether oxygens (including phenoxy) is 1. The van der Waals surface area contributed by atoms with Gasteiger partial charge in [-0.15, -0.1) is 0 Å². The van der Waals surface area contributed by atoms with E-state index in [1.165, 1.54) is 0 Å². The molecular formula is C16H21N3OS. The molecule has 0 amide bonds. The zero-order chi connectivity index (χ0) is 15.1. The highest BCUT2D eigenvalue weighted by Crippen LogP contribution is 2.20. The van der Waals surface area contributed by atoms with Crippen LogP contribution >= 0.6 is 12.2 Å². The first-order chi connectivity index (χ1) is 10.2. The average Bonchev–Trinajstić information content (AvgIpc) is 2.49. The number of thiocarbonyl (C=S) groups is 1. The van der Waals surface area contributed by atoms with Gasteiger partial charge in [-0.2, -0.15) is 0 Å². The molecule has 0 atom stereocenters. The first-order valence-corrected chi connectivity index (χ1v) is 7.55. The van der Waals surface area contributed by atoms with E-state index in [9.17, 15) is 0 Å². The van der Waals surface area contributed by atoms with Gasteiger partial charge in [0.15, 0.2) is 0 Å². The second-order valence-electron chi connectivity index (χ2n) is 4.92. The first kappa shape index (κ1) is 15.7. The zero-order valence-electron chi connectivity index (χ0n) is 12.3. The lowest BCUT2D eigenvalue weighted by Crippen LogP contribution is -2.12. The summed E-state index contributed by atoms with van der Waals surface area (Å²) in [4.78, 5) is 5.00. The Labute approximate surface area is 130 Å². The number of nitrogens with zero attached hydrogens (tertiary/aromatic N) is 1. The predicted octanol–water partition coefficient (Wildman–Crippen LogP) is 3.10. The Bertz CT molecular complexity index is 615. The SMILES string of the molecule is COCCCCCNc1cc(C(N)=S)c2ccccc2n1. The molecule has 0 bridgehead atoms. The monoisotopic (exact) mass is 303 g/mol. The Kier molecular flexibility index (Phi) is 5.90. The van der Waals surface area contributed by atoms with Gasteiger partial charge < -0.3 is 15.8 Å². The number of aromatic nitrogens is 1. The lowest BCUT2D eigenvalue weighted by molar-refractivity contribution is 0.192. The largest absolute Gasteiger partial charge is 0.389 e. The van der Waals surface area contributed by atoms with Crippen LogP contribution in [-0.4, -0.2) is 30.2 Å². The molecule has 21 heavy (non-hydrogen) atoms. The van der Waals surface area contributed by atoms with Crippen molar-refractivity contribution in [2.24, 2.45) is 5.73 Å². The highest BCUT2D eigenvalue weighted by molar-refractivity contribution is 7.80. The molecule has 0 aliphatic heterocycles. The average molecular weight is 303 g/mol. The third kappa shape index (κ3) is 4.37. The summed E-state index contributed by atoms with van der Waals surface area (Å²) in [5.41, 5.74) is 7.60. The molecule has 0 fully saturated rings. The fraction of sp³-hybridized carbons (Fsp3) is 0.375. The lowest BCUT2D eigenvalue weighted by atomic mass is 10.1. The van der Waals surface area contributed by atoms with Gasteiger partial charge in [-0.3, -0.25) is 0 Å². The Hall–Kier alpha value is -1.72. The summed E-state index contributed by atoms with van der Waals surface area (Å²) in [7, 11) is 1.73. The number of unbranched alkanes of at least 4 members (excludes halogenated alkanes) is 2. The van der Waals surface area contributed by atoms with Gasteiger partial charge in [0, 0.05) is 31.2 Å². The van der Waals surface area contributed by atoms with Gasteiger partial charge in [-0.05, 0) is 31.4 Å². The summed E-state index contributed by atoms with van der Waals surface area (Å²) in [6, 6.07) is 9.83. The van der Waals surface area contributed by atoms with E-state index < -0.39 is 0 Å². The topological polar surface area (TPSA) is 60.2 Å². The van der Waals surface area contributed by atoms with Crippen molar-refractivity contribution in [2.45, 2.75) is 19.3 Å². The Morgan fingerprint density at radius 3 is 2.86 bits per heavy atom. The molecule has 2 rings (SSSR count). The van der Waals surface area contributed by atoms with Gasteiger partial charge in [0.05, 0.1) is 5.52 Å². The minimum Gasteiger partial charge on any atom is -0.389 e. The first-order valence-electron chi connectivity index (χ1n) is 7.15. The van der Waals surface area contributed by atoms with Gasteiger partial charge in [-0.1, -0.05) is 30.4 Å². The number of nitrogens with one attached hydrogen (secondary N) is 1. The van der Waals surface area contributed by atoms with Gasteiger partial charge in [0.25, 0.3) is 0 Å². The summed E-state index contributed by atoms with van der Waals surface area (Å²) in [6.07, 6.45) is 3.30. The number of para-hydroxylation sites is 1. The molecule has 0 aliphatic rings. The maximum Gasteiger partial charge on any atom is 0.127 e. The van der Waals surface area contributed by atoms with E-state index in [-0.39, 0.29) is 0 Å². The molecule has 3 N–H and O–H groups in total. The van der Waals surface area contributed by atoms with Crippen molar-refractivity contribution < 1.29 is 4.74 Å². The van der Waals surface area contributed by atoms with Crippen molar-refractivity contribution in [3.8, 4) is 0 Å². The Balaban J connectivity index is 2.05. The van der Waals surface area contributed by atoms with Crippen molar-refractivity contribution in [3.05, 3.63) is 35.9 Å². The van der Waals surface area contributed by atoms with E-state index in [0.29, 0.717) is 4.99 Å². The molecule has 4 nitrogen and oxygen atoms in total. The molecule has 112 valence electrons. The standard InChI is InChI=1S/C16H21N3OS/c1-20-10-6-2-5-9-18-15-11-13(16(17)21)12-7-3-4-8-14(12)19-15/h3-4,7-8,11H,2,5-6,9-10H2,1H3,(H2,17,21)(H,18,19). The third-order valence-corrected chi connectivity index (χ3v) is 3.53. The molecule has 2 aromatic rings. The zero-order valence-corrected chi connectivity index (χ0v) is 13.1. The van der Waals surface area contributed by atoms with Gasteiger partial charge in [0.2, 0.25) is 0 Å². The second kappa shape index (κ2) is 7.90. The van der Waals surface area contributed by atoms with E-state index >= 15 is 0 Å². The lowest BCUT2D eigenvalue weighted by Gasteiger charge is -2.10. The highest BCUT2D eigenvalue weighted by Gasteiger charge is 2.07. The molecule has 1 heterocycles. The molecule has 0 saturated carbocycles. The van der Waals surface area contributed by atoms with Crippen LogP contribution in [-0.2, 0) is 4.74 Å². The predicted molar refractivity (Wildman–Crippen MR) is 91.8 cm³/mol. The molecule has 0 spiro atoms. The van der Waals surface area contributed by atoms with E-state index in [0.717, 1.165) is 54.7 Å². The Morgan fingerprint density at radius 2 is 2.10 bits per heavy atom. The number of nitrogens with two attached hydrogens (primary N) is 1. The van der Waals surface area contributed by atoms with Crippen LogP contribution in [0.2, 0.25) is 0 Å². The second-order valence-corrected chi connectivity index (χ2v) is 5.36. The summed E-state index contributed by atoms with van der Waals surface area (Å²) in [6.45, 7) is 1.70. The van der Waals surface area contributed by atoms with E-state index in [4.69, 9.17) is 22.7 Å². The van der Waals surface area contributed by atoms with Gasteiger partial charge in [0.1, 0.15) is 10.8 Å². The van der Waals surface area contributed by atoms with Gasteiger partial charge >= 0.3 is 0 Å². The van der Waals surface area contributed by atoms with Crippen LogP contribution in [0.25, 0.3) is 10.9 Å². The normalized spacial score (nSPS) is 10.7. The number of anilines is 1. The van der Waals surface area contributed by atoms with Crippen molar-refractivity contribution in [2.75, 3.05) is 25.6 Å². The van der Waals surface area contributed by atoms with Crippen molar-refractivity contribution in [1.82, 2.24) is 4.98 Å². The maximum absolute atomic E-state index is 5.82. The van der Waals surface area contributed by atoms with Crippen LogP contribution in [0.15, 0.2) is 30.3 Å². The number of rotatable bonds is 8. The molecule has 1 aromatic carbocycles.